The average molecular weight is 579 g/mol. The van der Waals surface area contributed by atoms with Crippen LogP contribution in [0.4, 0.5) is 5.69 Å². The minimum Gasteiger partial charge on any atom is -0.495 e. The van der Waals surface area contributed by atoms with Crippen LogP contribution in [0.2, 0.25) is 10.0 Å². The van der Waals surface area contributed by atoms with Gasteiger partial charge in [-0.1, -0.05) is 71.7 Å². The number of nitrogens with one attached hydrogen (secondary N) is 1. The van der Waals surface area contributed by atoms with Gasteiger partial charge in [0.25, 0.3) is 0 Å². The molecule has 0 spiro atoms. The molecule has 0 aliphatic rings. The van der Waals surface area contributed by atoms with E-state index in [9.17, 15) is 18.0 Å². The molecule has 2 amide bonds. The second-order valence-corrected chi connectivity index (χ2v) is 11.3. The fourth-order valence-corrected chi connectivity index (χ4v) is 5.16. The van der Waals surface area contributed by atoms with Gasteiger partial charge in [0.05, 0.1) is 29.1 Å². The van der Waals surface area contributed by atoms with Crippen LogP contribution in [0.3, 0.4) is 0 Å². The molecule has 1 unspecified atom stereocenters. The van der Waals surface area contributed by atoms with Crippen molar-refractivity contribution in [3.63, 3.8) is 0 Å². The minimum atomic E-state index is -3.91. The zero-order valence-corrected chi connectivity index (χ0v) is 23.6. The number of hydrogen-bond donors (Lipinski definition) is 1. The van der Waals surface area contributed by atoms with Crippen molar-refractivity contribution >= 4 is 50.7 Å². The van der Waals surface area contributed by atoms with Crippen LogP contribution in [0.5, 0.6) is 5.75 Å². The van der Waals surface area contributed by atoms with E-state index in [1.807, 2.05) is 30.3 Å². The molecule has 3 aromatic carbocycles. The predicted molar refractivity (Wildman–Crippen MR) is 150 cm³/mol. The molecule has 202 valence electrons. The third-order valence-electron chi connectivity index (χ3n) is 5.89. The average Bonchev–Trinajstić information content (AvgIpc) is 2.90. The summed E-state index contributed by atoms with van der Waals surface area (Å²) in [7, 11) is -1.01. The molecule has 11 heteroatoms. The van der Waals surface area contributed by atoms with Gasteiger partial charge in [-0.15, -0.1) is 0 Å². The highest BCUT2D eigenvalue weighted by Crippen LogP contribution is 2.30. The van der Waals surface area contributed by atoms with Crippen molar-refractivity contribution in [2.45, 2.75) is 19.0 Å². The molecular formula is C27H29Cl2N3O5S. The van der Waals surface area contributed by atoms with Crippen LogP contribution in [0.15, 0.2) is 72.8 Å². The number of halogens is 2. The predicted octanol–water partition coefficient (Wildman–Crippen LogP) is 4.15. The fraction of sp³-hybridized carbons (Fsp3) is 0.259. The van der Waals surface area contributed by atoms with Crippen LogP contribution in [0.25, 0.3) is 0 Å². The van der Waals surface area contributed by atoms with Gasteiger partial charge in [-0.3, -0.25) is 13.9 Å². The highest BCUT2D eigenvalue weighted by Gasteiger charge is 2.33. The quantitative estimate of drug-likeness (QED) is 0.369. The number of methoxy groups -OCH3 is 1. The first-order valence-electron chi connectivity index (χ1n) is 11.6. The summed E-state index contributed by atoms with van der Waals surface area (Å²) in [6, 6.07) is 19.7. The monoisotopic (exact) mass is 577 g/mol. The van der Waals surface area contributed by atoms with Crippen molar-refractivity contribution in [1.82, 2.24) is 10.2 Å². The fourth-order valence-electron chi connectivity index (χ4n) is 3.99. The Hall–Kier alpha value is -3.27. The molecule has 38 heavy (non-hydrogen) atoms. The van der Waals surface area contributed by atoms with Crippen LogP contribution < -0.4 is 14.4 Å². The smallest absolute Gasteiger partial charge is 0.244 e. The van der Waals surface area contributed by atoms with Gasteiger partial charge in [-0.05, 0) is 35.4 Å². The van der Waals surface area contributed by atoms with Crippen molar-refractivity contribution in [1.29, 1.82) is 0 Å². The van der Waals surface area contributed by atoms with Gasteiger partial charge in [-0.25, -0.2) is 8.42 Å². The summed E-state index contributed by atoms with van der Waals surface area (Å²) in [5.41, 5.74) is 1.66. The molecule has 1 N–H and O–H groups in total. The number of ether oxygens (including phenoxy) is 1. The largest absolute Gasteiger partial charge is 0.495 e. The first-order valence-corrected chi connectivity index (χ1v) is 14.2. The van der Waals surface area contributed by atoms with Crippen LogP contribution in [-0.2, 0) is 32.6 Å². The lowest BCUT2D eigenvalue weighted by Gasteiger charge is -2.33. The zero-order valence-electron chi connectivity index (χ0n) is 21.2. The molecule has 0 fully saturated rings. The Morgan fingerprint density at radius 1 is 0.947 bits per heavy atom. The van der Waals surface area contributed by atoms with E-state index in [0.717, 1.165) is 16.1 Å². The molecule has 0 heterocycles. The van der Waals surface area contributed by atoms with Crippen LogP contribution in [0, 0.1) is 0 Å². The number of likely N-dealkylation sites (N-methyl/N-ethyl adjacent to an activating group) is 1. The maximum absolute atomic E-state index is 13.9. The van der Waals surface area contributed by atoms with Gasteiger partial charge in [0.2, 0.25) is 21.8 Å². The molecular weight excluding hydrogens is 549 g/mol. The molecule has 0 saturated heterocycles. The van der Waals surface area contributed by atoms with Crippen molar-refractivity contribution in [3.8, 4) is 5.75 Å². The minimum absolute atomic E-state index is 0.00975. The highest BCUT2D eigenvalue weighted by atomic mass is 35.5. The third kappa shape index (κ3) is 7.40. The standard InChI is InChI=1S/C27H29Cl2N3O5S/c1-30-27(34)24(16-19-9-5-4-6-10-19)31(17-20-13-14-21(28)22(29)15-20)26(33)18-32(38(3,35)36)23-11-7-8-12-25(23)37-2/h4-15,24H,16-18H2,1-3H3,(H,30,34). The van der Waals surface area contributed by atoms with Crippen LogP contribution in [-0.4, -0.2) is 58.1 Å². The summed E-state index contributed by atoms with van der Waals surface area (Å²) >= 11 is 12.3. The first kappa shape index (κ1) is 29.3. The van der Waals surface area contributed by atoms with E-state index in [2.05, 4.69) is 5.32 Å². The highest BCUT2D eigenvalue weighted by molar-refractivity contribution is 7.92. The van der Waals surface area contributed by atoms with Gasteiger partial charge in [0.1, 0.15) is 18.3 Å². The van der Waals surface area contributed by atoms with E-state index < -0.39 is 34.4 Å². The second-order valence-electron chi connectivity index (χ2n) is 8.53. The lowest BCUT2D eigenvalue weighted by Crippen LogP contribution is -2.52. The summed E-state index contributed by atoms with van der Waals surface area (Å²) in [5.74, 6) is -0.698. The molecule has 0 aromatic heterocycles. The van der Waals surface area contributed by atoms with E-state index in [-0.39, 0.29) is 24.4 Å². The number of anilines is 1. The van der Waals surface area contributed by atoms with Crippen molar-refractivity contribution in [3.05, 3.63) is 94.0 Å². The summed E-state index contributed by atoms with van der Waals surface area (Å²) in [4.78, 5) is 28.4. The number of hydrogen-bond acceptors (Lipinski definition) is 5. The summed E-state index contributed by atoms with van der Waals surface area (Å²) in [6.07, 6.45) is 1.22. The maximum atomic E-state index is 13.9. The molecule has 0 bridgehead atoms. The van der Waals surface area contributed by atoms with E-state index >= 15 is 0 Å². The number of sulfonamides is 1. The molecule has 0 saturated carbocycles. The molecule has 0 radical (unpaired) electrons. The first-order chi connectivity index (χ1) is 18.0. The zero-order chi connectivity index (χ0) is 27.9. The van der Waals surface area contributed by atoms with Crippen LogP contribution in [0.1, 0.15) is 11.1 Å². The lowest BCUT2D eigenvalue weighted by atomic mass is 10.0. The summed E-state index contributed by atoms with van der Waals surface area (Å²) in [6.45, 7) is -0.563. The van der Waals surface area contributed by atoms with Crippen molar-refractivity contribution < 1.29 is 22.7 Å². The number of carbonyl (C=O) groups excluding carboxylic acids is 2. The second kappa shape index (κ2) is 13.0. The Morgan fingerprint density at radius 3 is 2.21 bits per heavy atom. The normalized spacial score (nSPS) is 11.9. The third-order valence-corrected chi connectivity index (χ3v) is 7.75. The SMILES string of the molecule is CNC(=O)C(Cc1ccccc1)N(Cc1ccc(Cl)c(Cl)c1)C(=O)CN(c1ccccc1OC)S(C)(=O)=O. The summed E-state index contributed by atoms with van der Waals surface area (Å²) in [5, 5.41) is 3.27. The summed E-state index contributed by atoms with van der Waals surface area (Å²) < 4.78 is 32.0. The van der Waals surface area contributed by atoms with Gasteiger partial charge in [0.15, 0.2) is 0 Å². The molecule has 3 rings (SSSR count). The van der Waals surface area contributed by atoms with E-state index in [0.29, 0.717) is 15.6 Å². The van der Waals surface area contributed by atoms with E-state index in [1.54, 1.807) is 42.5 Å². The number of rotatable bonds is 11. The van der Waals surface area contributed by atoms with E-state index in [4.69, 9.17) is 27.9 Å². The Kier molecular flexibility index (Phi) is 10.0. The Morgan fingerprint density at radius 2 is 1.61 bits per heavy atom. The topological polar surface area (TPSA) is 96.0 Å². The molecule has 0 aliphatic heterocycles. The van der Waals surface area contributed by atoms with Crippen LogP contribution >= 0.6 is 23.2 Å². The number of nitrogens with zero attached hydrogens (tertiary/aromatic N) is 2. The number of carbonyl (C=O) groups is 2. The molecule has 1 atom stereocenters. The lowest BCUT2D eigenvalue weighted by molar-refractivity contribution is -0.139. The van der Waals surface area contributed by atoms with Gasteiger partial charge in [-0.2, -0.15) is 0 Å². The Labute approximate surface area is 233 Å². The molecule has 3 aromatic rings. The van der Waals surface area contributed by atoms with Crippen molar-refractivity contribution in [2.24, 2.45) is 0 Å². The Balaban J connectivity index is 2.06. The number of benzene rings is 3. The molecule has 0 aliphatic carbocycles. The maximum Gasteiger partial charge on any atom is 0.244 e. The van der Waals surface area contributed by atoms with Gasteiger partial charge < -0.3 is 15.0 Å². The molecule has 8 nitrogen and oxygen atoms in total. The van der Waals surface area contributed by atoms with Gasteiger partial charge >= 0.3 is 0 Å². The van der Waals surface area contributed by atoms with Gasteiger partial charge in [0, 0.05) is 20.0 Å². The number of amides is 2. The van der Waals surface area contributed by atoms with Crippen molar-refractivity contribution in [2.75, 3.05) is 31.3 Å². The number of para-hydroxylation sites is 2. The van der Waals surface area contributed by atoms with E-state index in [1.165, 1.54) is 19.1 Å². The Bertz CT molecular complexity index is 1390.